The number of hydrogen-bond donors (Lipinski definition) is 0. The Morgan fingerprint density at radius 1 is 1.50 bits per heavy atom. The molecule has 2 heterocycles. The first kappa shape index (κ1) is 10.5. The first-order valence-electron chi connectivity index (χ1n) is 4.33. The Hall–Kier alpha value is -2.05. The van der Waals surface area contributed by atoms with Crippen molar-refractivity contribution in [2.24, 2.45) is 0 Å². The molecule has 0 bridgehead atoms. The van der Waals surface area contributed by atoms with Gasteiger partial charge in [-0.2, -0.15) is 4.98 Å². The molecule has 0 saturated heterocycles. The molecule has 2 aromatic heterocycles. The maximum atomic E-state index is 11.9. The minimum Gasteiger partial charge on any atom is -0.472 e. The van der Waals surface area contributed by atoms with E-state index in [1.807, 2.05) is 0 Å². The topological polar surface area (TPSA) is 69.1 Å². The Bertz CT molecular complexity index is 479. The predicted molar refractivity (Wildman–Crippen MR) is 46.7 cm³/mol. The fraction of sp³-hybridized carbons (Fsp3) is 0.222. The molecular weight excluding hydrogens is 222 g/mol. The van der Waals surface area contributed by atoms with Gasteiger partial charge in [0, 0.05) is 0 Å². The van der Waals surface area contributed by atoms with Gasteiger partial charge in [0.25, 0.3) is 6.43 Å². The third-order valence-electron chi connectivity index (χ3n) is 1.82. The highest BCUT2D eigenvalue weighted by molar-refractivity contribution is 5.82. The average molecular weight is 228 g/mol. The van der Waals surface area contributed by atoms with Gasteiger partial charge < -0.3 is 8.94 Å². The van der Waals surface area contributed by atoms with Crippen molar-refractivity contribution in [3.63, 3.8) is 0 Å². The molecular formula is C9H6F2N2O3. The van der Waals surface area contributed by atoms with Crippen LogP contribution in [-0.4, -0.2) is 22.3 Å². The van der Waals surface area contributed by atoms with Crippen LogP contribution in [0.2, 0.25) is 0 Å². The molecule has 5 nitrogen and oxygen atoms in total. The number of Topliss-reactive ketones (excluding diaryl/α,β-unsaturated/α-hetero) is 1. The van der Waals surface area contributed by atoms with Gasteiger partial charge in [0.15, 0.2) is 0 Å². The summed E-state index contributed by atoms with van der Waals surface area (Å²) in [6, 6.07) is 1.59. The number of halogens is 2. The van der Waals surface area contributed by atoms with Crippen molar-refractivity contribution >= 4 is 5.78 Å². The van der Waals surface area contributed by atoms with Gasteiger partial charge in [-0.15, -0.1) is 0 Å². The molecule has 16 heavy (non-hydrogen) atoms. The molecule has 0 aliphatic rings. The van der Waals surface area contributed by atoms with E-state index in [0.717, 1.165) is 0 Å². The van der Waals surface area contributed by atoms with Gasteiger partial charge in [0.2, 0.25) is 17.5 Å². The Balaban J connectivity index is 2.11. The fourth-order valence-electron chi connectivity index (χ4n) is 1.06. The van der Waals surface area contributed by atoms with Crippen molar-refractivity contribution in [2.45, 2.75) is 12.8 Å². The lowest BCUT2D eigenvalue weighted by Gasteiger charge is -1.92. The lowest BCUT2D eigenvalue weighted by atomic mass is 10.3. The number of nitrogens with zero attached hydrogens (tertiary/aromatic N) is 2. The second-order valence-electron chi connectivity index (χ2n) is 2.97. The highest BCUT2D eigenvalue weighted by Crippen LogP contribution is 2.16. The summed E-state index contributed by atoms with van der Waals surface area (Å²) in [5, 5.41) is 3.53. The summed E-state index contributed by atoms with van der Waals surface area (Å²) >= 11 is 0. The molecule has 0 aliphatic carbocycles. The summed E-state index contributed by atoms with van der Waals surface area (Å²) in [4.78, 5) is 14.5. The molecule has 0 aliphatic heterocycles. The zero-order chi connectivity index (χ0) is 11.5. The highest BCUT2D eigenvalue weighted by atomic mass is 19.3. The van der Waals surface area contributed by atoms with Crippen LogP contribution < -0.4 is 0 Å². The van der Waals surface area contributed by atoms with Gasteiger partial charge in [-0.3, -0.25) is 4.79 Å². The minimum atomic E-state index is -3.02. The molecule has 0 aromatic carbocycles. The summed E-state index contributed by atoms with van der Waals surface area (Å²) < 4.78 is 33.3. The Kier molecular flexibility index (Phi) is 2.76. The third-order valence-corrected chi connectivity index (χ3v) is 1.82. The van der Waals surface area contributed by atoms with Crippen molar-refractivity contribution in [2.75, 3.05) is 0 Å². The third kappa shape index (κ3) is 2.13. The molecule has 0 spiro atoms. The predicted octanol–water partition coefficient (Wildman–Crippen LogP) is 1.71. The van der Waals surface area contributed by atoms with E-state index in [2.05, 4.69) is 14.7 Å². The van der Waals surface area contributed by atoms with Crippen LogP contribution in [-0.2, 0) is 11.2 Å². The number of carbonyl (C=O) groups excluding carboxylic acids is 1. The number of ketones is 1. The Morgan fingerprint density at radius 2 is 2.31 bits per heavy atom. The molecule has 2 rings (SSSR count). The smallest absolute Gasteiger partial charge is 0.296 e. The van der Waals surface area contributed by atoms with E-state index < -0.39 is 18.6 Å². The summed E-state index contributed by atoms with van der Waals surface area (Å²) in [5.41, 5.74) is 0.555. The first-order chi connectivity index (χ1) is 7.66. The zero-order valence-corrected chi connectivity index (χ0v) is 7.89. The van der Waals surface area contributed by atoms with E-state index in [1.165, 1.54) is 12.5 Å². The summed E-state index contributed by atoms with van der Waals surface area (Å²) in [7, 11) is 0. The van der Waals surface area contributed by atoms with Crippen LogP contribution in [0.1, 0.15) is 5.89 Å². The Morgan fingerprint density at radius 3 is 2.94 bits per heavy atom. The second-order valence-corrected chi connectivity index (χ2v) is 2.97. The molecule has 2 aromatic rings. The van der Waals surface area contributed by atoms with Gasteiger partial charge in [-0.25, -0.2) is 8.78 Å². The molecule has 0 radical (unpaired) electrons. The van der Waals surface area contributed by atoms with Crippen molar-refractivity contribution < 1.29 is 22.5 Å². The molecule has 84 valence electrons. The highest BCUT2D eigenvalue weighted by Gasteiger charge is 2.19. The first-order valence-corrected chi connectivity index (χ1v) is 4.33. The lowest BCUT2D eigenvalue weighted by Crippen LogP contribution is -2.12. The monoisotopic (exact) mass is 228 g/mol. The van der Waals surface area contributed by atoms with Crippen molar-refractivity contribution in [1.82, 2.24) is 10.1 Å². The number of alkyl halides is 2. The van der Waals surface area contributed by atoms with Crippen LogP contribution in [0.15, 0.2) is 27.5 Å². The summed E-state index contributed by atoms with van der Waals surface area (Å²) in [6.45, 7) is 0. The maximum absolute atomic E-state index is 11.9. The van der Waals surface area contributed by atoms with Crippen LogP contribution in [0.5, 0.6) is 0 Å². The molecule has 0 fully saturated rings. The lowest BCUT2D eigenvalue weighted by molar-refractivity contribution is -0.129. The average Bonchev–Trinajstić information content (AvgIpc) is 2.85. The fourth-order valence-corrected chi connectivity index (χ4v) is 1.06. The Labute approximate surface area is 88.1 Å². The molecule has 0 atom stereocenters. The number of hydrogen-bond acceptors (Lipinski definition) is 5. The summed E-state index contributed by atoms with van der Waals surface area (Å²) in [5.74, 6) is -1.19. The number of carbonyl (C=O) groups is 1. The quantitative estimate of drug-likeness (QED) is 0.796. The van der Waals surface area contributed by atoms with E-state index in [9.17, 15) is 13.6 Å². The van der Waals surface area contributed by atoms with Crippen molar-refractivity contribution in [3.8, 4) is 11.4 Å². The minimum absolute atomic E-state index is 0.137. The van der Waals surface area contributed by atoms with E-state index >= 15 is 0 Å². The SMILES string of the molecule is O=C(Cc1nc(-c2ccoc2)no1)C(F)F. The molecule has 0 saturated carbocycles. The molecule has 0 amide bonds. The van der Waals surface area contributed by atoms with Crippen LogP contribution in [0.4, 0.5) is 8.78 Å². The van der Waals surface area contributed by atoms with E-state index in [0.29, 0.717) is 5.56 Å². The van der Waals surface area contributed by atoms with Crippen LogP contribution in [0, 0.1) is 0 Å². The largest absolute Gasteiger partial charge is 0.472 e. The molecule has 0 N–H and O–H groups in total. The van der Waals surface area contributed by atoms with Gasteiger partial charge in [0.1, 0.15) is 6.26 Å². The standard InChI is InChI=1S/C9H6F2N2O3/c10-8(11)6(14)3-7-12-9(13-16-7)5-1-2-15-4-5/h1-2,4,8H,3H2. The normalized spacial score (nSPS) is 10.9. The van der Waals surface area contributed by atoms with Gasteiger partial charge >= 0.3 is 0 Å². The zero-order valence-electron chi connectivity index (χ0n) is 7.89. The van der Waals surface area contributed by atoms with Crippen LogP contribution in [0.3, 0.4) is 0 Å². The molecule has 0 unspecified atom stereocenters. The number of rotatable bonds is 4. The molecule has 7 heteroatoms. The van der Waals surface area contributed by atoms with Gasteiger partial charge in [0.05, 0.1) is 18.2 Å². The maximum Gasteiger partial charge on any atom is 0.296 e. The van der Waals surface area contributed by atoms with Crippen LogP contribution >= 0.6 is 0 Å². The van der Waals surface area contributed by atoms with Crippen molar-refractivity contribution in [3.05, 3.63) is 24.5 Å². The van der Waals surface area contributed by atoms with E-state index in [-0.39, 0.29) is 11.7 Å². The number of aromatic nitrogens is 2. The van der Waals surface area contributed by atoms with Gasteiger partial charge in [-0.1, -0.05) is 5.16 Å². The van der Waals surface area contributed by atoms with Crippen LogP contribution in [0.25, 0.3) is 11.4 Å². The second kappa shape index (κ2) is 4.21. The van der Waals surface area contributed by atoms with E-state index in [4.69, 9.17) is 4.42 Å². The van der Waals surface area contributed by atoms with Crippen molar-refractivity contribution in [1.29, 1.82) is 0 Å². The van der Waals surface area contributed by atoms with E-state index in [1.54, 1.807) is 6.07 Å². The van der Waals surface area contributed by atoms with Gasteiger partial charge in [-0.05, 0) is 6.07 Å². The summed E-state index contributed by atoms with van der Waals surface area (Å²) in [6.07, 6.45) is -0.800. The number of furan rings is 1.